The fraction of sp³-hybridized carbons (Fsp3) is 0.700. The highest BCUT2D eigenvalue weighted by Gasteiger charge is 2.27. The minimum Gasteiger partial charge on any atom is -0.371 e. The van der Waals surface area contributed by atoms with Crippen molar-refractivity contribution in [2.45, 2.75) is 19.1 Å². The molecule has 0 fully saturated rings. The van der Waals surface area contributed by atoms with Gasteiger partial charge in [0.2, 0.25) is 0 Å². The second-order valence-corrected chi connectivity index (χ2v) is 3.54. The summed E-state index contributed by atoms with van der Waals surface area (Å²) >= 11 is 0. The summed E-state index contributed by atoms with van der Waals surface area (Å²) in [5, 5.41) is 7.03. The van der Waals surface area contributed by atoms with Crippen molar-refractivity contribution >= 4 is 0 Å². The first-order valence-corrected chi connectivity index (χ1v) is 5.40. The maximum atomic E-state index is 11.7. The molecule has 1 aromatic heterocycles. The predicted octanol–water partition coefficient (Wildman–Crippen LogP) is 1.44. The van der Waals surface area contributed by atoms with E-state index in [1.807, 2.05) is 16.9 Å². The summed E-state index contributed by atoms with van der Waals surface area (Å²) in [6.07, 6.45) is 0.214. The molecule has 98 valence electrons. The molecule has 1 N–H and O–H groups in total. The molecule has 17 heavy (non-hydrogen) atoms. The molecule has 0 unspecified atom stereocenters. The Labute approximate surface area is 97.8 Å². The Kier molecular flexibility index (Phi) is 5.99. The summed E-state index contributed by atoms with van der Waals surface area (Å²) in [4.78, 5) is 0. The van der Waals surface area contributed by atoms with Crippen molar-refractivity contribution in [3.8, 4) is 0 Å². The Hall–Kier alpha value is -1.08. The number of ether oxygens (including phenoxy) is 1. The number of halogens is 3. The van der Waals surface area contributed by atoms with Crippen LogP contribution in [0.3, 0.4) is 0 Å². The van der Waals surface area contributed by atoms with Crippen molar-refractivity contribution in [1.82, 2.24) is 15.1 Å². The van der Waals surface area contributed by atoms with Crippen LogP contribution >= 0.6 is 0 Å². The molecule has 1 heterocycles. The van der Waals surface area contributed by atoms with Gasteiger partial charge in [0.25, 0.3) is 0 Å². The number of nitrogens with one attached hydrogen (secondary N) is 1. The molecule has 0 aromatic carbocycles. The molecule has 0 aliphatic carbocycles. The van der Waals surface area contributed by atoms with Crippen LogP contribution in [0.4, 0.5) is 13.2 Å². The summed E-state index contributed by atoms with van der Waals surface area (Å²) in [5.41, 5.74) is 0. The lowest BCUT2D eigenvalue weighted by atomic mass is 10.4. The second kappa shape index (κ2) is 7.29. The minimum absolute atomic E-state index is 0.0707. The fourth-order valence-corrected chi connectivity index (χ4v) is 1.26. The lowest BCUT2D eigenvalue weighted by molar-refractivity contribution is -0.173. The largest absolute Gasteiger partial charge is 0.411 e. The number of alkyl halides is 3. The van der Waals surface area contributed by atoms with E-state index in [1.54, 1.807) is 6.20 Å². The maximum Gasteiger partial charge on any atom is 0.411 e. The van der Waals surface area contributed by atoms with Gasteiger partial charge in [-0.15, -0.1) is 0 Å². The third-order valence-electron chi connectivity index (χ3n) is 1.99. The van der Waals surface area contributed by atoms with E-state index in [2.05, 4.69) is 15.2 Å². The SMILES string of the molecule is FC(F)(F)COCCNCCCn1cccn1. The van der Waals surface area contributed by atoms with E-state index in [-0.39, 0.29) is 6.61 Å². The summed E-state index contributed by atoms with van der Waals surface area (Å²) < 4.78 is 41.3. The van der Waals surface area contributed by atoms with E-state index in [1.165, 1.54) is 0 Å². The Balaban J connectivity index is 1.85. The van der Waals surface area contributed by atoms with Gasteiger partial charge in [-0.05, 0) is 19.0 Å². The summed E-state index contributed by atoms with van der Waals surface area (Å²) in [6.45, 7) is 0.844. The molecule has 0 atom stereocenters. The maximum absolute atomic E-state index is 11.7. The Morgan fingerprint density at radius 1 is 1.29 bits per heavy atom. The van der Waals surface area contributed by atoms with Crippen LogP contribution in [0, 0.1) is 0 Å². The number of rotatable bonds is 8. The first kappa shape index (κ1) is 14.0. The summed E-state index contributed by atoms with van der Waals surface area (Å²) in [7, 11) is 0. The second-order valence-electron chi connectivity index (χ2n) is 3.54. The van der Waals surface area contributed by atoms with E-state index in [4.69, 9.17) is 0 Å². The molecule has 0 aliphatic rings. The van der Waals surface area contributed by atoms with E-state index in [0.29, 0.717) is 6.54 Å². The van der Waals surface area contributed by atoms with E-state index in [0.717, 1.165) is 19.5 Å². The molecule has 1 aromatic rings. The lowest BCUT2D eigenvalue weighted by Gasteiger charge is -2.08. The fourth-order valence-electron chi connectivity index (χ4n) is 1.26. The zero-order valence-corrected chi connectivity index (χ0v) is 9.41. The van der Waals surface area contributed by atoms with Crippen molar-refractivity contribution in [1.29, 1.82) is 0 Å². The minimum atomic E-state index is -4.24. The van der Waals surface area contributed by atoms with Gasteiger partial charge in [0.15, 0.2) is 0 Å². The van der Waals surface area contributed by atoms with Gasteiger partial charge in [-0.25, -0.2) is 0 Å². The smallest absolute Gasteiger partial charge is 0.371 e. The van der Waals surface area contributed by atoms with Gasteiger partial charge < -0.3 is 10.1 Å². The van der Waals surface area contributed by atoms with Gasteiger partial charge in [-0.1, -0.05) is 0 Å². The van der Waals surface area contributed by atoms with Crippen LogP contribution in [0.2, 0.25) is 0 Å². The molecule has 0 saturated heterocycles. The van der Waals surface area contributed by atoms with E-state index >= 15 is 0 Å². The lowest BCUT2D eigenvalue weighted by Crippen LogP contribution is -2.25. The third kappa shape index (κ3) is 7.76. The van der Waals surface area contributed by atoms with Crippen LogP contribution in [-0.4, -0.2) is 42.3 Å². The van der Waals surface area contributed by atoms with Crippen molar-refractivity contribution < 1.29 is 17.9 Å². The van der Waals surface area contributed by atoms with Crippen LogP contribution in [-0.2, 0) is 11.3 Å². The van der Waals surface area contributed by atoms with Crippen LogP contribution < -0.4 is 5.32 Å². The highest BCUT2D eigenvalue weighted by molar-refractivity contribution is 4.77. The van der Waals surface area contributed by atoms with Gasteiger partial charge in [-0.3, -0.25) is 4.68 Å². The normalized spacial score (nSPS) is 11.9. The van der Waals surface area contributed by atoms with E-state index < -0.39 is 12.8 Å². The highest BCUT2D eigenvalue weighted by Crippen LogP contribution is 2.13. The van der Waals surface area contributed by atoms with Crippen molar-refractivity contribution in [2.24, 2.45) is 0 Å². The molecule has 0 saturated carbocycles. The van der Waals surface area contributed by atoms with Gasteiger partial charge in [-0.2, -0.15) is 18.3 Å². The average molecular weight is 251 g/mol. The topological polar surface area (TPSA) is 39.1 Å². The molecule has 0 aliphatic heterocycles. The van der Waals surface area contributed by atoms with Gasteiger partial charge >= 0.3 is 6.18 Å². The standard InChI is InChI=1S/C10H16F3N3O/c11-10(12,13)9-17-8-5-14-3-1-6-16-7-2-4-15-16/h2,4,7,14H,1,3,5-6,8-9H2. The molecule has 4 nitrogen and oxygen atoms in total. The molecule has 0 spiro atoms. The van der Waals surface area contributed by atoms with Gasteiger partial charge in [0.1, 0.15) is 6.61 Å². The Morgan fingerprint density at radius 2 is 2.12 bits per heavy atom. The highest BCUT2D eigenvalue weighted by atomic mass is 19.4. The molecule has 7 heteroatoms. The molecule has 0 amide bonds. The number of hydrogen-bond acceptors (Lipinski definition) is 3. The van der Waals surface area contributed by atoms with Crippen molar-refractivity contribution in [3.05, 3.63) is 18.5 Å². The Morgan fingerprint density at radius 3 is 2.76 bits per heavy atom. The van der Waals surface area contributed by atoms with E-state index in [9.17, 15) is 13.2 Å². The van der Waals surface area contributed by atoms with Crippen LogP contribution in [0.25, 0.3) is 0 Å². The zero-order chi connectivity index (χ0) is 12.6. The number of hydrogen-bond donors (Lipinski definition) is 1. The molecular weight excluding hydrogens is 235 g/mol. The molecule has 0 bridgehead atoms. The molecule has 1 rings (SSSR count). The van der Waals surface area contributed by atoms with Gasteiger partial charge in [0.05, 0.1) is 6.61 Å². The first-order valence-electron chi connectivity index (χ1n) is 5.40. The third-order valence-corrected chi connectivity index (χ3v) is 1.99. The quantitative estimate of drug-likeness (QED) is 0.711. The summed E-state index contributed by atoms with van der Waals surface area (Å²) in [5.74, 6) is 0. The molecular formula is C10H16F3N3O. The number of aromatic nitrogens is 2. The van der Waals surface area contributed by atoms with Crippen LogP contribution in [0.1, 0.15) is 6.42 Å². The van der Waals surface area contributed by atoms with Crippen LogP contribution in [0.15, 0.2) is 18.5 Å². The predicted molar refractivity (Wildman–Crippen MR) is 56.6 cm³/mol. The summed E-state index contributed by atoms with van der Waals surface area (Å²) in [6, 6.07) is 1.85. The van der Waals surface area contributed by atoms with Crippen molar-refractivity contribution in [3.63, 3.8) is 0 Å². The zero-order valence-electron chi connectivity index (χ0n) is 9.41. The average Bonchev–Trinajstić information content (AvgIpc) is 2.73. The van der Waals surface area contributed by atoms with Crippen LogP contribution in [0.5, 0.6) is 0 Å². The number of aryl methyl sites for hydroxylation is 1. The first-order chi connectivity index (χ1) is 8.08. The van der Waals surface area contributed by atoms with Gasteiger partial charge in [0, 0.05) is 25.5 Å². The Bertz CT molecular complexity index is 287. The number of nitrogens with zero attached hydrogens (tertiary/aromatic N) is 2. The molecule has 0 radical (unpaired) electrons. The monoisotopic (exact) mass is 251 g/mol. The van der Waals surface area contributed by atoms with Crippen molar-refractivity contribution in [2.75, 3.05) is 26.3 Å².